The first-order valence-corrected chi connectivity index (χ1v) is 25.9. The first-order chi connectivity index (χ1) is 29.7. The van der Waals surface area contributed by atoms with E-state index in [-0.39, 0.29) is 4.90 Å². The Morgan fingerprint density at radius 2 is 1.44 bits per heavy atom. The van der Waals surface area contributed by atoms with Crippen molar-refractivity contribution < 1.29 is 34.9 Å². The summed E-state index contributed by atoms with van der Waals surface area (Å²) in [6.45, 7) is 12.9. The van der Waals surface area contributed by atoms with Crippen LogP contribution in [0.2, 0.25) is 0 Å². The molecule has 64 heavy (non-hydrogen) atoms. The van der Waals surface area contributed by atoms with Gasteiger partial charge in [0.1, 0.15) is 0 Å². The Morgan fingerprint density at radius 3 is 2.08 bits per heavy atom. The maximum absolute atomic E-state index is 12.8. The SMILES string of the molecule is CC1(C)C(/C=C/C2=C(NCCc3ccc(N)cc3)C(=C/C=C3/N(CCC[N+](C)(C)C)c4ccc(S(C)(=O)=O)cc4C3(C)C)/CCC2)=[N+](CCC[N+](C)(C)C)c2ccc(S(=O)(=O)O)cc21. The Labute approximate surface area is 384 Å². The van der Waals surface area contributed by atoms with Gasteiger partial charge in [0.15, 0.2) is 22.1 Å². The molecule has 2 aliphatic heterocycles. The number of quaternary nitrogens is 2. The fraction of sp³-hybridized carbons (Fsp3) is 0.471. The summed E-state index contributed by atoms with van der Waals surface area (Å²) in [5, 5.41) is 3.88. The second-order valence-corrected chi connectivity index (χ2v) is 24.5. The van der Waals surface area contributed by atoms with Crippen LogP contribution in [-0.2, 0) is 37.2 Å². The van der Waals surface area contributed by atoms with E-state index >= 15 is 0 Å². The van der Waals surface area contributed by atoms with Crippen molar-refractivity contribution in [2.45, 2.75) is 86.8 Å². The summed E-state index contributed by atoms with van der Waals surface area (Å²) in [6, 6.07) is 18.6. The van der Waals surface area contributed by atoms with Crippen LogP contribution >= 0.6 is 0 Å². The van der Waals surface area contributed by atoms with Gasteiger partial charge in [-0.2, -0.15) is 13.0 Å². The Morgan fingerprint density at radius 1 is 0.797 bits per heavy atom. The van der Waals surface area contributed by atoms with Crippen LogP contribution < -0.4 is 16.0 Å². The molecule has 0 fully saturated rings. The van der Waals surface area contributed by atoms with Crippen LogP contribution in [0.4, 0.5) is 17.1 Å². The van der Waals surface area contributed by atoms with Crippen molar-refractivity contribution in [2.75, 3.05) is 91.9 Å². The Bertz CT molecular complexity index is 2640. The quantitative estimate of drug-likeness (QED) is 0.0539. The van der Waals surface area contributed by atoms with E-state index in [4.69, 9.17) is 5.73 Å². The van der Waals surface area contributed by atoms with Crippen LogP contribution in [0.1, 0.15) is 76.5 Å². The molecule has 0 radical (unpaired) electrons. The predicted molar refractivity (Wildman–Crippen MR) is 263 cm³/mol. The van der Waals surface area contributed by atoms with E-state index in [0.717, 1.165) is 126 Å². The predicted octanol–water partition coefficient (Wildman–Crippen LogP) is 7.92. The van der Waals surface area contributed by atoms with Gasteiger partial charge < -0.3 is 24.9 Å². The average Bonchev–Trinajstić information content (AvgIpc) is 3.53. The molecule has 4 N–H and O–H groups in total. The molecule has 3 aromatic carbocycles. The summed E-state index contributed by atoms with van der Waals surface area (Å²) in [6.07, 6.45) is 15.8. The van der Waals surface area contributed by atoms with Crippen LogP contribution in [-0.4, -0.2) is 122 Å². The fourth-order valence-electron chi connectivity index (χ4n) is 9.45. The van der Waals surface area contributed by atoms with Gasteiger partial charge in [-0.15, -0.1) is 0 Å². The second kappa shape index (κ2) is 18.4. The number of nitrogens with one attached hydrogen (secondary N) is 1. The lowest BCUT2D eigenvalue weighted by Gasteiger charge is -2.29. The standard InChI is InChI=1S/C51H71N6O5S2/c1-50(2)43-35-41(63(11,58)59)23-25-45(43)54(31-13-33-56(5,6)7)47(50)27-19-38-15-12-16-39(49(38)53-30-29-37-17-21-40(52)22-18-37)20-28-48-51(3,4)44-36-42(64(60,61)62)24-26-46(44)55(48)32-14-34-57(8,9)10/h17-28,35-36H,12-16,29-34,52H2,1-11H3/q+1/p+2/b38-19+,47-27+. The van der Waals surface area contributed by atoms with Crippen LogP contribution in [0.15, 0.2) is 117 Å². The monoisotopic (exact) mass is 914 g/mol. The molecule has 13 heteroatoms. The molecule has 0 atom stereocenters. The lowest BCUT2D eigenvalue weighted by Crippen LogP contribution is -2.37. The minimum Gasteiger partial charge on any atom is -0.399 e. The van der Waals surface area contributed by atoms with E-state index in [2.05, 4.69) is 121 Å². The first-order valence-electron chi connectivity index (χ1n) is 22.6. The summed E-state index contributed by atoms with van der Waals surface area (Å²) >= 11 is 0. The number of benzene rings is 3. The molecule has 0 spiro atoms. The third-order valence-corrected chi connectivity index (χ3v) is 14.9. The molecule has 0 saturated heterocycles. The molecule has 0 saturated carbocycles. The normalized spacial score (nSPS) is 19.0. The highest BCUT2D eigenvalue weighted by Gasteiger charge is 2.45. The minimum atomic E-state index is -4.39. The van der Waals surface area contributed by atoms with E-state index < -0.39 is 30.8 Å². The van der Waals surface area contributed by atoms with E-state index in [1.165, 1.54) is 29.0 Å². The highest BCUT2D eigenvalue weighted by Crippen LogP contribution is 2.49. The number of hydrogen-bond acceptors (Lipinski definition) is 7. The van der Waals surface area contributed by atoms with Gasteiger partial charge in [-0.1, -0.05) is 38.1 Å². The highest BCUT2D eigenvalue weighted by molar-refractivity contribution is 7.90. The van der Waals surface area contributed by atoms with Gasteiger partial charge in [-0.05, 0) is 110 Å². The van der Waals surface area contributed by atoms with Gasteiger partial charge in [0.2, 0.25) is 5.69 Å². The molecule has 346 valence electrons. The van der Waals surface area contributed by atoms with E-state index in [0.29, 0.717) is 4.90 Å². The zero-order valence-electron chi connectivity index (χ0n) is 40.1. The number of nitrogen functional groups attached to an aromatic ring is 1. The highest BCUT2D eigenvalue weighted by atomic mass is 32.2. The van der Waals surface area contributed by atoms with E-state index in [1.807, 2.05) is 30.3 Å². The van der Waals surface area contributed by atoms with Gasteiger partial charge in [0.05, 0.1) is 77.0 Å². The molecular weight excluding hydrogens is 841 g/mol. The molecular formula is C51H73N6O5S2+3. The van der Waals surface area contributed by atoms with Gasteiger partial charge in [0, 0.05) is 71.7 Å². The molecule has 6 rings (SSSR count). The van der Waals surface area contributed by atoms with E-state index in [9.17, 15) is 21.4 Å². The summed E-state index contributed by atoms with van der Waals surface area (Å²) in [5.41, 5.74) is 16.6. The van der Waals surface area contributed by atoms with Crippen molar-refractivity contribution in [1.82, 2.24) is 5.32 Å². The molecule has 1 aliphatic carbocycles. The topological polar surface area (TPSA) is 133 Å². The number of hydrogen-bond donors (Lipinski definition) is 3. The molecule has 11 nitrogen and oxygen atoms in total. The zero-order chi connectivity index (χ0) is 47.0. The lowest BCUT2D eigenvalue weighted by atomic mass is 9.81. The molecule has 3 aliphatic rings. The molecule has 0 bridgehead atoms. The maximum Gasteiger partial charge on any atom is 0.294 e. The maximum atomic E-state index is 12.8. The number of nitrogens with two attached hydrogens (primary N) is 1. The lowest BCUT2D eigenvalue weighted by molar-refractivity contribution is -0.871. The summed E-state index contributed by atoms with van der Waals surface area (Å²) < 4.78 is 64.2. The van der Waals surface area contributed by atoms with Crippen molar-refractivity contribution in [3.05, 3.63) is 124 Å². The molecule has 3 aromatic rings. The third-order valence-electron chi connectivity index (χ3n) is 13.0. The van der Waals surface area contributed by atoms with Gasteiger partial charge >= 0.3 is 0 Å². The van der Waals surface area contributed by atoms with E-state index in [1.54, 1.807) is 12.1 Å². The van der Waals surface area contributed by atoms with Gasteiger partial charge in [0.25, 0.3) is 10.1 Å². The van der Waals surface area contributed by atoms with Crippen LogP contribution in [0.25, 0.3) is 0 Å². The number of fused-ring (bicyclic) bond motifs is 2. The summed E-state index contributed by atoms with van der Waals surface area (Å²) in [7, 11) is 5.41. The third kappa shape index (κ3) is 11.3. The van der Waals surface area contributed by atoms with Crippen molar-refractivity contribution in [3.63, 3.8) is 0 Å². The summed E-state index contributed by atoms with van der Waals surface area (Å²) in [4.78, 5) is 2.63. The Hall–Kier alpha value is -4.53. The van der Waals surface area contributed by atoms with Crippen LogP contribution in [0, 0.1) is 0 Å². The van der Waals surface area contributed by atoms with Crippen LogP contribution in [0.3, 0.4) is 0 Å². The molecule has 0 unspecified atom stereocenters. The number of sulfone groups is 1. The van der Waals surface area contributed by atoms with Crippen LogP contribution in [0.5, 0.6) is 0 Å². The first kappa shape index (κ1) is 48.9. The van der Waals surface area contributed by atoms with Crippen molar-refractivity contribution in [3.8, 4) is 0 Å². The largest absolute Gasteiger partial charge is 0.399 e. The number of allylic oxidation sites excluding steroid dienone is 7. The number of anilines is 2. The van der Waals surface area contributed by atoms with Gasteiger partial charge in [-0.3, -0.25) is 4.55 Å². The molecule has 0 aromatic heterocycles. The van der Waals surface area contributed by atoms with Crippen molar-refractivity contribution in [1.29, 1.82) is 0 Å². The zero-order valence-corrected chi connectivity index (χ0v) is 41.8. The molecule has 0 amide bonds. The van der Waals surface area contributed by atoms with Crippen molar-refractivity contribution in [2.24, 2.45) is 0 Å². The summed E-state index contributed by atoms with van der Waals surface area (Å²) in [5.74, 6) is 0. The molecule has 2 heterocycles. The smallest absolute Gasteiger partial charge is 0.294 e. The number of rotatable bonds is 17. The van der Waals surface area contributed by atoms with Gasteiger partial charge in [-0.25, -0.2) is 8.42 Å². The second-order valence-electron chi connectivity index (χ2n) is 21.0. The van der Waals surface area contributed by atoms with Crippen molar-refractivity contribution >= 4 is 42.7 Å². The Balaban J connectivity index is 1.45. The Kier molecular flexibility index (Phi) is 14.1. The number of nitrogens with zero attached hydrogens (tertiary/aromatic N) is 4. The fourth-order valence-corrected chi connectivity index (χ4v) is 10.6. The average molecular weight is 914 g/mol. The minimum absolute atomic E-state index is 0.0985.